The van der Waals surface area contributed by atoms with Crippen LogP contribution in [0.2, 0.25) is 0 Å². The highest BCUT2D eigenvalue weighted by Gasteiger charge is 2.36. The third-order valence-electron chi connectivity index (χ3n) is 2.61. The van der Waals surface area contributed by atoms with Gasteiger partial charge < -0.3 is 10.2 Å². The Kier molecular flexibility index (Phi) is 3.21. The summed E-state index contributed by atoms with van der Waals surface area (Å²) < 4.78 is 25.2. The summed E-state index contributed by atoms with van der Waals surface area (Å²) in [6.07, 6.45) is 0. The lowest BCUT2D eigenvalue weighted by molar-refractivity contribution is 0.0702. The Morgan fingerprint density at radius 2 is 2.18 bits per heavy atom. The second-order valence-corrected chi connectivity index (χ2v) is 6.67. The monoisotopic (exact) mass is 277 g/mol. The van der Waals surface area contributed by atoms with Crippen LogP contribution in [-0.2, 0) is 10.0 Å². The molecule has 1 aliphatic heterocycles. The number of carboxylic acids is 1. The Morgan fingerprint density at radius 3 is 2.65 bits per heavy atom. The minimum Gasteiger partial charge on any atom is -0.477 e. The molecule has 17 heavy (non-hydrogen) atoms. The fourth-order valence-electron chi connectivity index (χ4n) is 1.55. The van der Waals surface area contributed by atoms with E-state index < -0.39 is 16.0 Å². The van der Waals surface area contributed by atoms with Crippen LogP contribution in [0.5, 0.6) is 0 Å². The van der Waals surface area contributed by atoms with Crippen molar-refractivity contribution in [1.82, 2.24) is 4.31 Å². The number of aliphatic hydroxyl groups is 1. The molecule has 8 heteroatoms. The number of aliphatic hydroxyl groups excluding tert-OH is 1. The Morgan fingerprint density at radius 1 is 1.53 bits per heavy atom. The number of sulfonamides is 1. The fourth-order valence-corrected chi connectivity index (χ4v) is 4.24. The lowest BCUT2D eigenvalue weighted by Crippen LogP contribution is -2.51. The summed E-state index contributed by atoms with van der Waals surface area (Å²) in [4.78, 5) is 10.7. The van der Waals surface area contributed by atoms with Gasteiger partial charge in [-0.05, 0) is 6.07 Å². The van der Waals surface area contributed by atoms with E-state index in [2.05, 4.69) is 0 Å². The van der Waals surface area contributed by atoms with Crippen LogP contribution in [0.1, 0.15) is 9.67 Å². The summed E-state index contributed by atoms with van der Waals surface area (Å²) in [7, 11) is -3.59. The van der Waals surface area contributed by atoms with Crippen molar-refractivity contribution in [3.63, 3.8) is 0 Å². The molecule has 2 rings (SSSR count). The van der Waals surface area contributed by atoms with Crippen LogP contribution in [0.25, 0.3) is 0 Å². The number of hydrogen-bond acceptors (Lipinski definition) is 5. The quantitative estimate of drug-likeness (QED) is 0.811. The average molecular weight is 277 g/mol. The number of carbonyl (C=O) groups is 1. The zero-order valence-corrected chi connectivity index (χ0v) is 10.4. The minimum atomic E-state index is -3.59. The summed E-state index contributed by atoms with van der Waals surface area (Å²) in [6, 6.07) is 1.16. The summed E-state index contributed by atoms with van der Waals surface area (Å²) in [5, 5.41) is 18.9. The van der Waals surface area contributed by atoms with E-state index in [9.17, 15) is 13.2 Å². The van der Waals surface area contributed by atoms with Crippen molar-refractivity contribution in [2.75, 3.05) is 19.7 Å². The van der Waals surface area contributed by atoms with E-state index in [1.54, 1.807) is 0 Å². The highest BCUT2D eigenvalue weighted by molar-refractivity contribution is 7.89. The van der Waals surface area contributed by atoms with E-state index in [1.165, 1.54) is 9.69 Å². The molecule has 0 spiro atoms. The van der Waals surface area contributed by atoms with Crippen LogP contribution in [0.3, 0.4) is 0 Å². The summed E-state index contributed by atoms with van der Waals surface area (Å²) in [5.41, 5.74) is 0. The first-order chi connectivity index (χ1) is 7.95. The first kappa shape index (κ1) is 12.5. The van der Waals surface area contributed by atoms with Gasteiger partial charge in [0.25, 0.3) is 0 Å². The fraction of sp³-hybridized carbons (Fsp3) is 0.444. The Hall–Kier alpha value is -0.960. The number of thiophene rings is 1. The third-order valence-corrected chi connectivity index (χ3v) is 5.48. The van der Waals surface area contributed by atoms with Gasteiger partial charge in [0.05, 0.1) is 4.90 Å². The Labute approximate surface area is 102 Å². The molecule has 2 heterocycles. The average Bonchev–Trinajstić information content (AvgIpc) is 2.64. The predicted molar refractivity (Wildman–Crippen MR) is 60.6 cm³/mol. The molecule has 1 aromatic rings. The van der Waals surface area contributed by atoms with Gasteiger partial charge in [0.2, 0.25) is 10.0 Å². The summed E-state index contributed by atoms with van der Waals surface area (Å²) >= 11 is 0.888. The van der Waals surface area contributed by atoms with Crippen molar-refractivity contribution >= 4 is 27.3 Å². The zero-order valence-electron chi connectivity index (χ0n) is 8.74. The molecule has 0 radical (unpaired) electrons. The SMILES string of the molecule is O=C(O)c1cc(S(=O)(=O)N2CC(CO)C2)cs1. The third kappa shape index (κ3) is 2.21. The molecule has 2 N–H and O–H groups in total. The molecule has 94 valence electrons. The lowest BCUT2D eigenvalue weighted by Gasteiger charge is -2.36. The van der Waals surface area contributed by atoms with Crippen molar-refractivity contribution in [2.24, 2.45) is 5.92 Å². The van der Waals surface area contributed by atoms with E-state index >= 15 is 0 Å². The van der Waals surface area contributed by atoms with Crippen LogP contribution in [0.15, 0.2) is 16.3 Å². The molecule has 6 nitrogen and oxygen atoms in total. The maximum absolute atomic E-state index is 12.0. The van der Waals surface area contributed by atoms with Gasteiger partial charge in [-0.1, -0.05) is 0 Å². The molecule has 0 bridgehead atoms. The molecule has 1 aliphatic rings. The largest absolute Gasteiger partial charge is 0.477 e. The van der Waals surface area contributed by atoms with Gasteiger partial charge in [-0.15, -0.1) is 11.3 Å². The highest BCUT2D eigenvalue weighted by atomic mass is 32.2. The standard InChI is InChI=1S/C9H11NO5S2/c11-4-6-2-10(3-6)17(14,15)7-1-8(9(12)13)16-5-7/h1,5-6,11H,2-4H2,(H,12,13). The van der Waals surface area contributed by atoms with Crippen molar-refractivity contribution in [2.45, 2.75) is 4.90 Å². The summed E-state index contributed by atoms with van der Waals surface area (Å²) in [6.45, 7) is 0.546. The minimum absolute atomic E-state index is 0.00260. The van der Waals surface area contributed by atoms with Crippen LogP contribution in [-0.4, -0.2) is 48.6 Å². The van der Waals surface area contributed by atoms with Crippen LogP contribution >= 0.6 is 11.3 Å². The Balaban J connectivity index is 2.18. The first-order valence-electron chi connectivity index (χ1n) is 4.88. The van der Waals surface area contributed by atoms with Crippen molar-refractivity contribution < 1.29 is 23.4 Å². The van der Waals surface area contributed by atoms with E-state index in [1.807, 2.05) is 0 Å². The molecule has 0 unspecified atom stereocenters. The second kappa shape index (κ2) is 4.37. The van der Waals surface area contributed by atoms with Gasteiger partial charge in [-0.25, -0.2) is 13.2 Å². The van der Waals surface area contributed by atoms with Crippen molar-refractivity contribution in [3.05, 3.63) is 16.3 Å². The summed E-state index contributed by atoms with van der Waals surface area (Å²) in [5.74, 6) is -1.14. The van der Waals surface area contributed by atoms with Gasteiger partial charge in [-0.2, -0.15) is 4.31 Å². The number of carboxylic acid groups (broad SMARTS) is 1. The maximum atomic E-state index is 12.0. The number of aromatic carboxylic acids is 1. The van der Waals surface area contributed by atoms with Gasteiger partial charge in [-0.3, -0.25) is 0 Å². The topological polar surface area (TPSA) is 94.9 Å². The number of hydrogen-bond donors (Lipinski definition) is 2. The van der Waals surface area contributed by atoms with Gasteiger partial charge in [0.1, 0.15) is 4.88 Å². The molecule has 0 saturated carbocycles. The molecule has 1 aromatic heterocycles. The van der Waals surface area contributed by atoms with E-state index in [0.717, 1.165) is 17.4 Å². The van der Waals surface area contributed by atoms with Crippen LogP contribution in [0, 0.1) is 5.92 Å². The van der Waals surface area contributed by atoms with Crippen LogP contribution in [0.4, 0.5) is 0 Å². The molecule has 0 aromatic carbocycles. The van der Waals surface area contributed by atoms with Crippen molar-refractivity contribution in [1.29, 1.82) is 0 Å². The number of nitrogens with zero attached hydrogens (tertiary/aromatic N) is 1. The van der Waals surface area contributed by atoms with Crippen LogP contribution < -0.4 is 0 Å². The van der Waals surface area contributed by atoms with Gasteiger partial charge in [0, 0.05) is 31.0 Å². The molecular weight excluding hydrogens is 266 g/mol. The smallest absolute Gasteiger partial charge is 0.345 e. The van der Waals surface area contributed by atoms with Crippen molar-refractivity contribution in [3.8, 4) is 0 Å². The lowest BCUT2D eigenvalue weighted by atomic mass is 10.1. The van der Waals surface area contributed by atoms with E-state index in [4.69, 9.17) is 10.2 Å². The first-order valence-corrected chi connectivity index (χ1v) is 7.20. The predicted octanol–water partition coefficient (Wildman–Crippen LogP) is 0.0591. The highest BCUT2D eigenvalue weighted by Crippen LogP contribution is 2.27. The molecule has 0 atom stereocenters. The molecule has 1 saturated heterocycles. The van der Waals surface area contributed by atoms with E-state index in [0.29, 0.717) is 0 Å². The van der Waals surface area contributed by atoms with E-state index in [-0.39, 0.29) is 35.4 Å². The van der Waals surface area contributed by atoms with Gasteiger partial charge >= 0.3 is 5.97 Å². The molecular formula is C9H11NO5S2. The Bertz CT molecular complexity index is 529. The molecule has 0 amide bonds. The number of rotatable bonds is 4. The molecule has 1 fully saturated rings. The van der Waals surface area contributed by atoms with Gasteiger partial charge in [0.15, 0.2) is 0 Å². The normalized spacial score (nSPS) is 17.9. The second-order valence-electron chi connectivity index (χ2n) is 3.82. The zero-order chi connectivity index (χ0) is 12.6. The molecule has 0 aliphatic carbocycles. The maximum Gasteiger partial charge on any atom is 0.345 e.